The first kappa shape index (κ1) is 45.5. The Labute approximate surface area is 288 Å². The second-order valence-corrected chi connectivity index (χ2v) is 14.1. The molecule has 1 atom stereocenters. The summed E-state index contributed by atoms with van der Waals surface area (Å²) < 4.78 is 26.3. The standard InChI is InChI=1S/C38H71O8P/c1-3-5-7-9-11-13-15-17-18-19-20-21-23-25-27-29-31-33-38(40)46-36(35-45-47(41,42)43)34-44-37(39)32-30-28-26-24-22-16-14-12-10-8-6-4-2/h11,13,17-18,36H,3-10,12,14-16,19-35H2,1-2H3,(H2,41,42,43)/b13-11+,18-17+/t36-/m1/s1. The number of hydrogen-bond acceptors (Lipinski definition) is 6. The van der Waals surface area contributed by atoms with E-state index < -0.39 is 32.5 Å². The fraction of sp³-hybridized carbons (Fsp3) is 0.842. The van der Waals surface area contributed by atoms with E-state index in [1.54, 1.807) is 0 Å². The predicted octanol–water partition coefficient (Wildman–Crippen LogP) is 11.2. The molecule has 0 saturated carbocycles. The largest absolute Gasteiger partial charge is 0.469 e. The second kappa shape index (κ2) is 34.4. The first-order chi connectivity index (χ1) is 22.8. The molecular formula is C38H71O8P. The smallest absolute Gasteiger partial charge is 0.462 e. The molecule has 0 aromatic carbocycles. The van der Waals surface area contributed by atoms with Gasteiger partial charge in [-0.25, -0.2) is 4.57 Å². The van der Waals surface area contributed by atoms with Crippen molar-refractivity contribution in [1.29, 1.82) is 0 Å². The average molecular weight is 687 g/mol. The highest BCUT2D eigenvalue weighted by Crippen LogP contribution is 2.36. The maximum absolute atomic E-state index is 12.4. The van der Waals surface area contributed by atoms with E-state index >= 15 is 0 Å². The van der Waals surface area contributed by atoms with Gasteiger partial charge < -0.3 is 19.3 Å². The van der Waals surface area contributed by atoms with Crippen LogP contribution in [0.15, 0.2) is 24.3 Å². The molecular weight excluding hydrogens is 615 g/mol. The van der Waals surface area contributed by atoms with E-state index in [1.165, 1.54) is 103 Å². The molecule has 0 fully saturated rings. The first-order valence-corrected chi connectivity index (χ1v) is 20.7. The summed E-state index contributed by atoms with van der Waals surface area (Å²) in [6.45, 7) is 3.65. The molecule has 9 heteroatoms. The van der Waals surface area contributed by atoms with Crippen LogP contribution in [0.2, 0.25) is 0 Å². The number of ether oxygens (including phenoxy) is 2. The fourth-order valence-corrected chi connectivity index (χ4v) is 5.70. The van der Waals surface area contributed by atoms with Crippen LogP contribution in [0, 0.1) is 0 Å². The van der Waals surface area contributed by atoms with Crippen LogP contribution >= 0.6 is 7.82 Å². The molecule has 47 heavy (non-hydrogen) atoms. The van der Waals surface area contributed by atoms with Gasteiger partial charge in [-0.2, -0.15) is 0 Å². The maximum atomic E-state index is 12.4. The van der Waals surface area contributed by atoms with Crippen molar-refractivity contribution in [2.45, 2.75) is 193 Å². The van der Waals surface area contributed by atoms with E-state index in [9.17, 15) is 14.2 Å². The minimum Gasteiger partial charge on any atom is -0.462 e. The first-order valence-electron chi connectivity index (χ1n) is 19.1. The van der Waals surface area contributed by atoms with Crippen LogP contribution in [0.25, 0.3) is 0 Å². The maximum Gasteiger partial charge on any atom is 0.469 e. The third-order valence-electron chi connectivity index (χ3n) is 8.22. The Bertz CT molecular complexity index is 823. The highest BCUT2D eigenvalue weighted by molar-refractivity contribution is 7.46. The molecule has 0 aromatic heterocycles. The number of phosphoric acid groups is 1. The minimum absolute atomic E-state index is 0.205. The summed E-state index contributed by atoms with van der Waals surface area (Å²) in [6.07, 6.45) is 37.5. The monoisotopic (exact) mass is 686 g/mol. The number of hydrogen-bond donors (Lipinski definition) is 2. The van der Waals surface area contributed by atoms with Crippen LogP contribution in [0.5, 0.6) is 0 Å². The third kappa shape index (κ3) is 37.2. The second-order valence-electron chi connectivity index (χ2n) is 12.9. The van der Waals surface area contributed by atoms with E-state index in [0.29, 0.717) is 6.42 Å². The summed E-state index contributed by atoms with van der Waals surface area (Å²) in [5.41, 5.74) is 0. The number of carbonyl (C=O) groups is 2. The molecule has 0 aliphatic heterocycles. The number of carbonyl (C=O) groups excluding carboxylic acids is 2. The third-order valence-corrected chi connectivity index (χ3v) is 8.71. The highest BCUT2D eigenvalue weighted by atomic mass is 31.2. The van der Waals surface area contributed by atoms with Crippen molar-refractivity contribution in [2.75, 3.05) is 13.2 Å². The zero-order chi connectivity index (χ0) is 34.7. The molecule has 0 unspecified atom stereocenters. The fourth-order valence-electron chi connectivity index (χ4n) is 5.34. The lowest BCUT2D eigenvalue weighted by Gasteiger charge is -2.18. The quantitative estimate of drug-likeness (QED) is 0.0292. The van der Waals surface area contributed by atoms with Crippen LogP contribution < -0.4 is 0 Å². The van der Waals surface area contributed by atoms with Crippen molar-refractivity contribution in [3.8, 4) is 0 Å². The van der Waals surface area contributed by atoms with Gasteiger partial charge in [-0.3, -0.25) is 14.1 Å². The lowest BCUT2D eigenvalue weighted by molar-refractivity contribution is -0.161. The molecule has 0 aromatic rings. The van der Waals surface area contributed by atoms with Crippen molar-refractivity contribution in [3.63, 3.8) is 0 Å². The molecule has 0 spiro atoms. The topological polar surface area (TPSA) is 119 Å². The van der Waals surface area contributed by atoms with E-state index in [4.69, 9.17) is 19.3 Å². The van der Waals surface area contributed by atoms with Gasteiger partial charge in [0.1, 0.15) is 6.61 Å². The molecule has 8 nitrogen and oxygen atoms in total. The van der Waals surface area contributed by atoms with Gasteiger partial charge in [0.05, 0.1) is 6.61 Å². The van der Waals surface area contributed by atoms with Crippen LogP contribution in [0.1, 0.15) is 187 Å². The van der Waals surface area contributed by atoms with Gasteiger partial charge in [0.2, 0.25) is 0 Å². The zero-order valence-corrected chi connectivity index (χ0v) is 31.1. The summed E-state index contributed by atoms with van der Waals surface area (Å²) in [4.78, 5) is 42.7. The Kier molecular flexibility index (Phi) is 33.3. The van der Waals surface area contributed by atoms with E-state index in [0.717, 1.165) is 51.4 Å². The Balaban J connectivity index is 3.95. The van der Waals surface area contributed by atoms with Crippen LogP contribution in [-0.4, -0.2) is 41.0 Å². The van der Waals surface area contributed by atoms with E-state index in [2.05, 4.69) is 42.7 Å². The number of phosphoric ester groups is 1. The molecule has 276 valence electrons. The van der Waals surface area contributed by atoms with Crippen molar-refractivity contribution >= 4 is 19.8 Å². The van der Waals surface area contributed by atoms with Crippen LogP contribution in [-0.2, 0) is 28.2 Å². The van der Waals surface area contributed by atoms with Crippen LogP contribution in [0.3, 0.4) is 0 Å². The van der Waals surface area contributed by atoms with Crippen molar-refractivity contribution < 1.29 is 37.9 Å². The van der Waals surface area contributed by atoms with Gasteiger partial charge in [-0.15, -0.1) is 0 Å². The van der Waals surface area contributed by atoms with Gasteiger partial charge in [0, 0.05) is 12.8 Å². The number of esters is 2. The van der Waals surface area contributed by atoms with Crippen LogP contribution in [0.4, 0.5) is 0 Å². The van der Waals surface area contributed by atoms with Gasteiger partial charge in [-0.1, -0.05) is 154 Å². The SMILES string of the molecule is CCCCC/C=C/C/C=C/CCCCCCCCCC(=O)O[C@H](COC(=O)CCCCCCCCCCCCCC)COP(=O)(O)O. The number of allylic oxidation sites excluding steroid dienone is 4. The highest BCUT2D eigenvalue weighted by Gasteiger charge is 2.22. The Morgan fingerprint density at radius 2 is 0.957 bits per heavy atom. The van der Waals surface area contributed by atoms with Gasteiger partial charge in [-0.05, 0) is 44.9 Å². The molecule has 0 bridgehead atoms. The molecule has 0 aliphatic carbocycles. The molecule has 0 radical (unpaired) electrons. The van der Waals surface area contributed by atoms with E-state index in [1.807, 2.05) is 0 Å². The normalized spacial score (nSPS) is 12.7. The lowest BCUT2D eigenvalue weighted by Crippen LogP contribution is -2.29. The van der Waals surface area contributed by atoms with E-state index in [-0.39, 0.29) is 19.4 Å². The summed E-state index contributed by atoms with van der Waals surface area (Å²) in [5.74, 6) is -0.889. The predicted molar refractivity (Wildman–Crippen MR) is 193 cm³/mol. The van der Waals surface area contributed by atoms with Crippen molar-refractivity contribution in [1.82, 2.24) is 0 Å². The molecule has 2 N–H and O–H groups in total. The summed E-state index contributed by atoms with van der Waals surface area (Å²) in [5, 5.41) is 0. The lowest BCUT2D eigenvalue weighted by atomic mass is 10.0. The van der Waals surface area contributed by atoms with Gasteiger partial charge in [0.15, 0.2) is 6.10 Å². The Hall–Kier alpha value is -1.47. The summed E-state index contributed by atoms with van der Waals surface area (Å²) >= 11 is 0. The molecule has 0 amide bonds. The molecule has 0 rings (SSSR count). The average Bonchev–Trinajstić information content (AvgIpc) is 3.04. The minimum atomic E-state index is -4.75. The number of rotatable bonds is 35. The number of unbranched alkanes of at least 4 members (excludes halogenated alkanes) is 21. The summed E-state index contributed by atoms with van der Waals surface area (Å²) in [6, 6.07) is 0. The molecule has 0 saturated heterocycles. The Morgan fingerprint density at radius 1 is 0.553 bits per heavy atom. The van der Waals surface area contributed by atoms with Gasteiger partial charge in [0.25, 0.3) is 0 Å². The zero-order valence-electron chi connectivity index (χ0n) is 30.2. The van der Waals surface area contributed by atoms with Crippen molar-refractivity contribution in [2.24, 2.45) is 0 Å². The van der Waals surface area contributed by atoms with Crippen molar-refractivity contribution in [3.05, 3.63) is 24.3 Å². The molecule has 0 heterocycles. The molecule has 0 aliphatic rings. The Morgan fingerprint density at radius 3 is 1.45 bits per heavy atom. The van der Waals surface area contributed by atoms with Gasteiger partial charge >= 0.3 is 19.8 Å². The summed E-state index contributed by atoms with van der Waals surface area (Å²) in [7, 11) is -4.75.